The molecule has 1 fully saturated rings. The van der Waals surface area contributed by atoms with Gasteiger partial charge < -0.3 is 5.32 Å². The van der Waals surface area contributed by atoms with E-state index in [-0.39, 0.29) is 0 Å². The Morgan fingerprint density at radius 2 is 2.19 bits per heavy atom. The van der Waals surface area contributed by atoms with Gasteiger partial charge in [-0.3, -0.25) is 4.68 Å². The second-order valence-electron chi connectivity index (χ2n) is 4.75. The van der Waals surface area contributed by atoms with Gasteiger partial charge in [0.05, 0.1) is 11.7 Å². The highest BCUT2D eigenvalue weighted by atomic mass is 15.3. The van der Waals surface area contributed by atoms with Gasteiger partial charge in [-0.15, -0.1) is 0 Å². The average Bonchev–Trinajstić information content (AvgIpc) is 2.65. The van der Waals surface area contributed by atoms with Crippen LogP contribution in [-0.4, -0.2) is 15.8 Å². The summed E-state index contributed by atoms with van der Waals surface area (Å²) in [4.78, 5) is 0. The summed E-state index contributed by atoms with van der Waals surface area (Å²) in [7, 11) is 0. The Morgan fingerprint density at radius 3 is 2.75 bits per heavy atom. The first kappa shape index (κ1) is 11.6. The lowest BCUT2D eigenvalue weighted by atomic mass is 9.93. The lowest BCUT2D eigenvalue weighted by molar-refractivity contribution is 0.279. The molecule has 2 rings (SSSR count). The summed E-state index contributed by atoms with van der Waals surface area (Å²) >= 11 is 0. The summed E-state index contributed by atoms with van der Waals surface area (Å²) in [5, 5.41) is 8.05. The van der Waals surface area contributed by atoms with Crippen LogP contribution in [0.2, 0.25) is 0 Å². The van der Waals surface area contributed by atoms with Gasteiger partial charge in [-0.2, -0.15) is 5.10 Å². The van der Waals surface area contributed by atoms with Gasteiger partial charge in [0.15, 0.2) is 0 Å². The van der Waals surface area contributed by atoms with Crippen LogP contribution in [0.5, 0.6) is 0 Å². The van der Waals surface area contributed by atoms with Crippen LogP contribution in [0.15, 0.2) is 12.3 Å². The van der Waals surface area contributed by atoms with Crippen molar-refractivity contribution in [3.8, 4) is 0 Å². The molecule has 90 valence electrons. The van der Waals surface area contributed by atoms with Crippen LogP contribution in [0.3, 0.4) is 0 Å². The van der Waals surface area contributed by atoms with Crippen LogP contribution < -0.4 is 5.32 Å². The third-order valence-electron chi connectivity index (χ3n) is 3.73. The largest absolute Gasteiger partial charge is 0.308 e. The second kappa shape index (κ2) is 5.48. The molecule has 16 heavy (non-hydrogen) atoms. The van der Waals surface area contributed by atoms with Crippen LogP contribution in [0, 0.1) is 0 Å². The van der Waals surface area contributed by atoms with Crippen molar-refractivity contribution in [3.05, 3.63) is 18.0 Å². The first-order valence-electron chi connectivity index (χ1n) is 6.61. The van der Waals surface area contributed by atoms with Crippen molar-refractivity contribution in [2.75, 3.05) is 0 Å². The van der Waals surface area contributed by atoms with E-state index in [4.69, 9.17) is 0 Å². The van der Waals surface area contributed by atoms with E-state index in [1.807, 2.05) is 6.20 Å². The molecule has 1 aromatic rings. The molecule has 0 unspecified atom stereocenters. The molecule has 1 heterocycles. The van der Waals surface area contributed by atoms with Gasteiger partial charge in [-0.25, -0.2) is 0 Å². The smallest absolute Gasteiger partial charge is 0.0525 e. The standard InChI is InChI=1S/C13H23N3/c1-3-11(4-2)14-10-13-8-9-15-16(13)12-6-5-7-12/h8-9,11-12,14H,3-7,10H2,1-2H3. The first-order chi connectivity index (χ1) is 7.85. The Bertz CT molecular complexity index is 311. The summed E-state index contributed by atoms with van der Waals surface area (Å²) in [5.41, 5.74) is 1.34. The number of rotatable bonds is 6. The molecule has 1 saturated carbocycles. The number of hydrogen-bond acceptors (Lipinski definition) is 2. The van der Waals surface area contributed by atoms with Gasteiger partial charge in [-0.1, -0.05) is 13.8 Å². The minimum Gasteiger partial charge on any atom is -0.308 e. The van der Waals surface area contributed by atoms with Gasteiger partial charge in [0.2, 0.25) is 0 Å². The van der Waals surface area contributed by atoms with Crippen molar-refractivity contribution in [2.24, 2.45) is 0 Å². The molecule has 0 spiro atoms. The third kappa shape index (κ3) is 2.46. The third-order valence-corrected chi connectivity index (χ3v) is 3.73. The summed E-state index contributed by atoms with van der Waals surface area (Å²) < 4.78 is 2.22. The number of nitrogens with one attached hydrogen (secondary N) is 1. The van der Waals surface area contributed by atoms with Gasteiger partial charge in [0, 0.05) is 18.8 Å². The van der Waals surface area contributed by atoms with E-state index < -0.39 is 0 Å². The molecule has 3 nitrogen and oxygen atoms in total. The first-order valence-corrected chi connectivity index (χ1v) is 6.61. The van der Waals surface area contributed by atoms with E-state index >= 15 is 0 Å². The lowest BCUT2D eigenvalue weighted by Crippen LogP contribution is -2.29. The van der Waals surface area contributed by atoms with Gasteiger partial charge in [0.25, 0.3) is 0 Å². The number of nitrogens with zero attached hydrogens (tertiary/aromatic N) is 2. The van der Waals surface area contributed by atoms with Crippen LogP contribution >= 0.6 is 0 Å². The normalized spacial score (nSPS) is 16.7. The maximum atomic E-state index is 4.44. The Labute approximate surface area is 98.2 Å². The summed E-state index contributed by atoms with van der Waals surface area (Å²) in [6, 6.07) is 3.46. The Morgan fingerprint density at radius 1 is 1.44 bits per heavy atom. The van der Waals surface area contributed by atoms with Crippen molar-refractivity contribution < 1.29 is 0 Å². The van der Waals surface area contributed by atoms with E-state index in [0.29, 0.717) is 12.1 Å². The SMILES string of the molecule is CCC(CC)NCc1ccnn1C1CCC1. The van der Waals surface area contributed by atoms with Crippen LogP contribution in [-0.2, 0) is 6.54 Å². The highest BCUT2D eigenvalue weighted by Gasteiger charge is 2.21. The quantitative estimate of drug-likeness (QED) is 0.800. The zero-order chi connectivity index (χ0) is 11.4. The molecular weight excluding hydrogens is 198 g/mol. The Kier molecular flexibility index (Phi) is 3.99. The van der Waals surface area contributed by atoms with Crippen molar-refractivity contribution >= 4 is 0 Å². The molecule has 3 heteroatoms. The van der Waals surface area contributed by atoms with Crippen molar-refractivity contribution in [3.63, 3.8) is 0 Å². The molecule has 1 aliphatic carbocycles. The molecule has 1 aromatic heterocycles. The maximum absolute atomic E-state index is 4.44. The van der Waals surface area contributed by atoms with E-state index in [1.54, 1.807) is 0 Å². The minimum atomic E-state index is 0.643. The molecule has 0 saturated heterocycles. The highest BCUT2D eigenvalue weighted by Crippen LogP contribution is 2.31. The van der Waals surface area contributed by atoms with E-state index in [1.165, 1.54) is 37.8 Å². The van der Waals surface area contributed by atoms with Crippen molar-refractivity contribution in [2.45, 2.75) is 64.6 Å². The molecule has 0 radical (unpaired) electrons. The van der Waals surface area contributed by atoms with Crippen LogP contribution in [0.1, 0.15) is 57.7 Å². The summed E-state index contributed by atoms with van der Waals surface area (Å²) in [6.45, 7) is 5.44. The van der Waals surface area contributed by atoms with Gasteiger partial charge >= 0.3 is 0 Å². The topological polar surface area (TPSA) is 29.9 Å². The number of hydrogen-bond donors (Lipinski definition) is 1. The van der Waals surface area contributed by atoms with Gasteiger partial charge in [0.1, 0.15) is 0 Å². The Balaban J connectivity index is 1.90. The lowest BCUT2D eigenvalue weighted by Gasteiger charge is -2.28. The van der Waals surface area contributed by atoms with Crippen LogP contribution in [0.4, 0.5) is 0 Å². The van der Waals surface area contributed by atoms with E-state index in [0.717, 1.165) is 6.54 Å². The zero-order valence-electron chi connectivity index (χ0n) is 10.4. The molecule has 0 aliphatic heterocycles. The molecule has 1 aliphatic rings. The maximum Gasteiger partial charge on any atom is 0.0525 e. The minimum absolute atomic E-state index is 0.643. The van der Waals surface area contributed by atoms with Gasteiger partial charge in [-0.05, 0) is 38.2 Å². The summed E-state index contributed by atoms with van der Waals surface area (Å²) in [5.74, 6) is 0. The molecule has 0 atom stereocenters. The second-order valence-corrected chi connectivity index (χ2v) is 4.75. The van der Waals surface area contributed by atoms with E-state index in [2.05, 4.69) is 35.0 Å². The molecular formula is C13H23N3. The monoisotopic (exact) mass is 221 g/mol. The average molecular weight is 221 g/mol. The molecule has 0 bridgehead atoms. The van der Waals surface area contributed by atoms with Crippen LogP contribution in [0.25, 0.3) is 0 Å². The molecule has 1 N–H and O–H groups in total. The molecule has 0 aromatic carbocycles. The predicted octanol–water partition coefficient (Wildman–Crippen LogP) is 2.89. The van der Waals surface area contributed by atoms with E-state index in [9.17, 15) is 0 Å². The number of aromatic nitrogens is 2. The van der Waals surface area contributed by atoms with Crippen molar-refractivity contribution in [1.82, 2.24) is 15.1 Å². The zero-order valence-corrected chi connectivity index (χ0v) is 10.4. The fourth-order valence-corrected chi connectivity index (χ4v) is 2.27. The molecule has 0 amide bonds. The van der Waals surface area contributed by atoms with Crippen molar-refractivity contribution in [1.29, 1.82) is 0 Å². The predicted molar refractivity (Wildman–Crippen MR) is 66.3 cm³/mol. The fourth-order valence-electron chi connectivity index (χ4n) is 2.27. The fraction of sp³-hybridized carbons (Fsp3) is 0.769. The highest BCUT2D eigenvalue weighted by molar-refractivity contribution is 5.03. The Hall–Kier alpha value is -0.830. The summed E-state index contributed by atoms with van der Waals surface area (Å²) in [6.07, 6.45) is 8.31.